The Morgan fingerprint density at radius 2 is 1.76 bits per heavy atom. The molecule has 1 aliphatic rings. The molecular formula is C20H24Cl2N2O. The number of rotatable bonds is 5. The van der Waals surface area contributed by atoms with Crippen LogP contribution in [0.4, 0.5) is 0 Å². The van der Waals surface area contributed by atoms with Crippen molar-refractivity contribution in [3.05, 3.63) is 70.7 Å². The summed E-state index contributed by atoms with van der Waals surface area (Å²) in [7, 11) is 0. The van der Waals surface area contributed by atoms with E-state index in [-0.39, 0.29) is 18.3 Å². The quantitative estimate of drug-likeness (QED) is 0.857. The minimum absolute atomic E-state index is 0. The van der Waals surface area contributed by atoms with Gasteiger partial charge in [0.15, 0.2) is 0 Å². The number of benzene rings is 2. The lowest BCUT2D eigenvalue weighted by molar-refractivity contribution is -0.130. The van der Waals surface area contributed by atoms with Gasteiger partial charge in [-0.3, -0.25) is 4.79 Å². The van der Waals surface area contributed by atoms with Gasteiger partial charge < -0.3 is 10.6 Å². The zero-order valence-electron chi connectivity index (χ0n) is 14.1. The van der Waals surface area contributed by atoms with Gasteiger partial charge >= 0.3 is 0 Å². The van der Waals surface area contributed by atoms with E-state index in [2.05, 4.69) is 12.1 Å². The van der Waals surface area contributed by atoms with Crippen molar-refractivity contribution in [1.29, 1.82) is 0 Å². The number of carbonyl (C=O) groups excluding carboxylic acids is 1. The fourth-order valence-corrected chi connectivity index (χ4v) is 3.58. The number of nitrogens with two attached hydrogens (primary N) is 1. The van der Waals surface area contributed by atoms with Gasteiger partial charge in [0.05, 0.1) is 0 Å². The summed E-state index contributed by atoms with van der Waals surface area (Å²) in [6, 6.07) is 18.1. The van der Waals surface area contributed by atoms with E-state index in [1.54, 1.807) is 0 Å². The van der Waals surface area contributed by atoms with Crippen LogP contribution in [0.3, 0.4) is 0 Å². The van der Waals surface area contributed by atoms with Crippen molar-refractivity contribution in [2.24, 2.45) is 11.7 Å². The molecule has 1 fully saturated rings. The van der Waals surface area contributed by atoms with Crippen molar-refractivity contribution in [1.82, 2.24) is 4.90 Å². The first-order valence-electron chi connectivity index (χ1n) is 8.44. The Kier molecular flexibility index (Phi) is 7.30. The Hall–Kier alpha value is -1.55. The van der Waals surface area contributed by atoms with Gasteiger partial charge in [0.25, 0.3) is 0 Å². The summed E-state index contributed by atoms with van der Waals surface area (Å²) >= 11 is 5.90. The zero-order valence-corrected chi connectivity index (χ0v) is 15.7. The smallest absolute Gasteiger partial charge is 0.222 e. The molecule has 1 amide bonds. The Balaban J connectivity index is 0.00000225. The third-order valence-electron chi connectivity index (χ3n) is 4.86. The highest BCUT2D eigenvalue weighted by Crippen LogP contribution is 2.32. The normalized spacial score (nSPS) is 19.5. The molecule has 2 N–H and O–H groups in total. The first-order chi connectivity index (χ1) is 11.7. The molecule has 134 valence electrons. The lowest BCUT2D eigenvalue weighted by Gasteiger charge is -2.17. The maximum atomic E-state index is 12.6. The lowest BCUT2D eigenvalue weighted by atomic mass is 9.89. The molecule has 0 bridgehead atoms. The topological polar surface area (TPSA) is 46.3 Å². The largest absolute Gasteiger partial charge is 0.342 e. The van der Waals surface area contributed by atoms with Crippen LogP contribution in [0.15, 0.2) is 54.6 Å². The van der Waals surface area contributed by atoms with Crippen LogP contribution < -0.4 is 5.73 Å². The van der Waals surface area contributed by atoms with Crippen molar-refractivity contribution in [2.45, 2.75) is 18.8 Å². The molecule has 0 spiro atoms. The van der Waals surface area contributed by atoms with Crippen LogP contribution in [0.2, 0.25) is 5.02 Å². The van der Waals surface area contributed by atoms with Crippen LogP contribution >= 0.6 is 24.0 Å². The van der Waals surface area contributed by atoms with Crippen LogP contribution in [0.5, 0.6) is 0 Å². The Morgan fingerprint density at radius 1 is 1.08 bits per heavy atom. The van der Waals surface area contributed by atoms with Crippen LogP contribution in [-0.4, -0.2) is 30.4 Å². The first-order valence-corrected chi connectivity index (χ1v) is 8.82. The second kappa shape index (κ2) is 9.23. The van der Waals surface area contributed by atoms with E-state index >= 15 is 0 Å². The van der Waals surface area contributed by atoms with Gasteiger partial charge in [0, 0.05) is 30.5 Å². The lowest BCUT2D eigenvalue weighted by Crippen LogP contribution is -2.30. The molecule has 0 saturated carbocycles. The summed E-state index contributed by atoms with van der Waals surface area (Å²) in [5, 5.41) is 0.723. The van der Waals surface area contributed by atoms with Gasteiger partial charge in [-0.15, -0.1) is 12.4 Å². The third kappa shape index (κ3) is 4.97. The molecule has 25 heavy (non-hydrogen) atoms. The van der Waals surface area contributed by atoms with Gasteiger partial charge in [-0.1, -0.05) is 54.1 Å². The minimum atomic E-state index is 0. The predicted octanol–water partition coefficient (Wildman–Crippen LogP) is 3.90. The summed E-state index contributed by atoms with van der Waals surface area (Å²) in [5.74, 6) is 0.893. The summed E-state index contributed by atoms with van der Waals surface area (Å²) in [6.45, 7) is 2.14. The van der Waals surface area contributed by atoms with E-state index in [9.17, 15) is 4.79 Å². The summed E-state index contributed by atoms with van der Waals surface area (Å²) in [6.07, 6.45) is 1.27. The average Bonchev–Trinajstić information content (AvgIpc) is 3.06. The average molecular weight is 379 g/mol. The maximum Gasteiger partial charge on any atom is 0.222 e. The van der Waals surface area contributed by atoms with E-state index in [1.165, 1.54) is 5.56 Å². The fraction of sp³-hybridized carbons (Fsp3) is 0.350. The van der Waals surface area contributed by atoms with Crippen molar-refractivity contribution in [2.75, 3.05) is 19.6 Å². The Bertz CT molecular complexity index is 676. The first kappa shape index (κ1) is 19.8. The molecule has 1 saturated heterocycles. The molecule has 0 unspecified atom stereocenters. The summed E-state index contributed by atoms with van der Waals surface area (Å²) in [4.78, 5) is 14.6. The maximum absolute atomic E-state index is 12.6. The molecule has 1 aliphatic heterocycles. The van der Waals surface area contributed by atoms with E-state index in [0.717, 1.165) is 30.1 Å². The Morgan fingerprint density at radius 3 is 2.40 bits per heavy atom. The SMILES string of the molecule is Cl.NC[C@@H]1CN(C(=O)CCc2ccc(Cl)cc2)C[C@H]1c1ccccc1. The van der Waals surface area contributed by atoms with Gasteiger partial charge in [-0.2, -0.15) is 0 Å². The molecule has 2 atom stereocenters. The number of carbonyl (C=O) groups is 1. The van der Waals surface area contributed by atoms with Crippen LogP contribution in [0, 0.1) is 5.92 Å². The van der Waals surface area contributed by atoms with Gasteiger partial charge in [0.1, 0.15) is 0 Å². The number of halogens is 2. The molecule has 3 rings (SSSR count). The van der Waals surface area contributed by atoms with Crippen LogP contribution in [0.25, 0.3) is 0 Å². The summed E-state index contributed by atoms with van der Waals surface area (Å²) in [5.41, 5.74) is 8.37. The second-order valence-electron chi connectivity index (χ2n) is 6.44. The standard InChI is InChI=1S/C20H23ClN2O.ClH/c21-18-9-6-15(7-10-18)8-11-20(24)23-13-17(12-22)19(14-23)16-4-2-1-3-5-16;/h1-7,9-10,17,19H,8,11-14,22H2;1H/t17-,19+;/m1./s1. The number of aryl methyl sites for hydroxylation is 1. The highest BCUT2D eigenvalue weighted by molar-refractivity contribution is 6.30. The second-order valence-corrected chi connectivity index (χ2v) is 6.87. The predicted molar refractivity (Wildman–Crippen MR) is 105 cm³/mol. The number of hydrogen-bond acceptors (Lipinski definition) is 2. The number of likely N-dealkylation sites (tertiary alicyclic amines) is 1. The molecule has 3 nitrogen and oxygen atoms in total. The van der Waals surface area contributed by atoms with E-state index in [4.69, 9.17) is 17.3 Å². The molecule has 0 aromatic heterocycles. The van der Waals surface area contributed by atoms with Gasteiger partial charge in [0.2, 0.25) is 5.91 Å². The monoisotopic (exact) mass is 378 g/mol. The van der Waals surface area contributed by atoms with Gasteiger partial charge in [-0.05, 0) is 42.1 Å². The van der Waals surface area contributed by atoms with E-state index in [1.807, 2.05) is 47.4 Å². The van der Waals surface area contributed by atoms with Crippen LogP contribution in [-0.2, 0) is 11.2 Å². The van der Waals surface area contributed by atoms with E-state index < -0.39 is 0 Å². The van der Waals surface area contributed by atoms with Crippen molar-refractivity contribution < 1.29 is 4.79 Å². The fourth-order valence-electron chi connectivity index (χ4n) is 3.45. The molecule has 1 heterocycles. The number of amides is 1. The molecule has 5 heteroatoms. The molecule has 2 aromatic carbocycles. The molecule has 0 radical (unpaired) electrons. The van der Waals surface area contributed by atoms with Crippen molar-refractivity contribution in [3.63, 3.8) is 0 Å². The van der Waals surface area contributed by atoms with Gasteiger partial charge in [-0.25, -0.2) is 0 Å². The highest BCUT2D eigenvalue weighted by atomic mass is 35.5. The van der Waals surface area contributed by atoms with Crippen molar-refractivity contribution in [3.8, 4) is 0 Å². The minimum Gasteiger partial charge on any atom is -0.342 e. The molecule has 2 aromatic rings. The number of nitrogens with zero attached hydrogens (tertiary/aromatic N) is 1. The van der Waals surface area contributed by atoms with Crippen LogP contribution in [0.1, 0.15) is 23.5 Å². The number of hydrogen-bond donors (Lipinski definition) is 1. The van der Waals surface area contributed by atoms with Crippen molar-refractivity contribution >= 4 is 29.9 Å². The Labute approximate surface area is 160 Å². The molecule has 0 aliphatic carbocycles. The zero-order chi connectivity index (χ0) is 16.9. The third-order valence-corrected chi connectivity index (χ3v) is 5.12. The van der Waals surface area contributed by atoms with E-state index in [0.29, 0.717) is 24.8 Å². The molecular weight excluding hydrogens is 355 g/mol. The summed E-state index contributed by atoms with van der Waals surface area (Å²) < 4.78 is 0. The highest BCUT2D eigenvalue weighted by Gasteiger charge is 2.34.